The molecular weight excluding hydrogens is 482 g/mol. The van der Waals surface area contributed by atoms with Crippen molar-refractivity contribution >= 4 is 33.2 Å². The molecule has 0 radical (unpaired) electrons. The first-order valence-corrected chi connectivity index (χ1v) is 13.0. The van der Waals surface area contributed by atoms with Crippen LogP contribution in [0.1, 0.15) is 35.8 Å². The third-order valence-corrected chi connectivity index (χ3v) is 7.47. The summed E-state index contributed by atoms with van der Waals surface area (Å²) in [5.41, 5.74) is 1.76. The number of nitrogens with zero attached hydrogens (tertiary/aromatic N) is 1. The van der Waals surface area contributed by atoms with E-state index in [1.807, 2.05) is 37.3 Å². The van der Waals surface area contributed by atoms with Crippen LogP contribution in [0.3, 0.4) is 0 Å². The lowest BCUT2D eigenvalue weighted by Crippen LogP contribution is -2.39. The molecule has 10 heteroatoms. The maximum absolute atomic E-state index is 13.0. The van der Waals surface area contributed by atoms with Gasteiger partial charge in [-0.3, -0.25) is 13.9 Å². The molecule has 0 fully saturated rings. The van der Waals surface area contributed by atoms with Gasteiger partial charge in [-0.2, -0.15) is 0 Å². The highest BCUT2D eigenvalue weighted by molar-refractivity contribution is 7.92. The summed E-state index contributed by atoms with van der Waals surface area (Å²) >= 11 is 0. The van der Waals surface area contributed by atoms with Gasteiger partial charge < -0.3 is 20.1 Å². The molecule has 9 nitrogen and oxygen atoms in total. The number of fused-ring (bicyclic) bond motifs is 1. The van der Waals surface area contributed by atoms with Crippen LogP contribution in [0.4, 0.5) is 11.4 Å². The monoisotopic (exact) mass is 509 g/mol. The maximum Gasteiger partial charge on any atom is 0.253 e. The molecule has 4 rings (SSSR count). The number of carbonyl (C=O) groups is 2. The van der Waals surface area contributed by atoms with Crippen LogP contribution in [-0.2, 0) is 14.8 Å². The Labute approximate surface area is 210 Å². The van der Waals surface area contributed by atoms with Crippen LogP contribution in [0.2, 0.25) is 0 Å². The second-order valence-electron chi connectivity index (χ2n) is 8.14. The van der Waals surface area contributed by atoms with Crippen LogP contribution in [0.25, 0.3) is 0 Å². The summed E-state index contributed by atoms with van der Waals surface area (Å²) in [5, 5.41) is 5.62. The summed E-state index contributed by atoms with van der Waals surface area (Å²) in [5.74, 6) is -0.261. The summed E-state index contributed by atoms with van der Waals surface area (Å²) in [4.78, 5) is 26.0. The molecule has 1 aliphatic rings. The van der Waals surface area contributed by atoms with Gasteiger partial charge in [0.1, 0.15) is 6.54 Å². The predicted octanol–water partition coefficient (Wildman–Crippen LogP) is 3.70. The van der Waals surface area contributed by atoms with Crippen LogP contribution in [-0.4, -0.2) is 39.3 Å². The van der Waals surface area contributed by atoms with Crippen molar-refractivity contribution in [2.24, 2.45) is 0 Å². The second-order valence-corrected chi connectivity index (χ2v) is 10.3. The Kier molecular flexibility index (Phi) is 7.44. The smallest absolute Gasteiger partial charge is 0.253 e. The van der Waals surface area contributed by atoms with Gasteiger partial charge in [-0.25, -0.2) is 8.42 Å². The molecule has 0 unspecified atom stereocenters. The van der Waals surface area contributed by atoms with Crippen molar-refractivity contribution in [2.45, 2.75) is 19.9 Å². The minimum Gasteiger partial charge on any atom is -0.454 e. The van der Waals surface area contributed by atoms with Gasteiger partial charge in [-0.1, -0.05) is 42.5 Å². The van der Waals surface area contributed by atoms with Gasteiger partial charge in [0.2, 0.25) is 22.7 Å². The number of hydrogen-bond acceptors (Lipinski definition) is 6. The molecule has 188 valence electrons. The Morgan fingerprint density at radius 3 is 2.42 bits per heavy atom. The molecule has 1 atom stereocenters. The highest BCUT2D eigenvalue weighted by Gasteiger charge is 2.26. The quantitative estimate of drug-likeness (QED) is 0.455. The number of hydrogen-bond donors (Lipinski definition) is 2. The first-order chi connectivity index (χ1) is 17.3. The van der Waals surface area contributed by atoms with E-state index in [1.54, 1.807) is 36.4 Å². The fourth-order valence-corrected chi connectivity index (χ4v) is 4.82. The Morgan fingerprint density at radius 2 is 1.67 bits per heavy atom. The van der Waals surface area contributed by atoms with Gasteiger partial charge >= 0.3 is 0 Å². The minimum atomic E-state index is -3.79. The van der Waals surface area contributed by atoms with Gasteiger partial charge in [0.25, 0.3) is 5.91 Å². The van der Waals surface area contributed by atoms with Crippen molar-refractivity contribution in [1.29, 1.82) is 0 Å². The summed E-state index contributed by atoms with van der Waals surface area (Å²) < 4.78 is 37.3. The lowest BCUT2D eigenvalue weighted by Gasteiger charge is -2.24. The number of rotatable bonds is 9. The van der Waals surface area contributed by atoms with Crippen molar-refractivity contribution in [1.82, 2.24) is 5.32 Å². The lowest BCUT2D eigenvalue weighted by atomic mass is 10.1. The van der Waals surface area contributed by atoms with Crippen molar-refractivity contribution in [2.75, 3.05) is 28.7 Å². The molecule has 0 spiro atoms. The van der Waals surface area contributed by atoms with E-state index in [1.165, 1.54) is 13.0 Å². The zero-order valence-electron chi connectivity index (χ0n) is 19.9. The van der Waals surface area contributed by atoms with E-state index in [0.717, 1.165) is 9.87 Å². The number of ether oxygens (including phenoxy) is 2. The average Bonchev–Trinajstić information content (AvgIpc) is 3.36. The third-order valence-electron chi connectivity index (χ3n) is 5.72. The molecule has 2 amide bonds. The molecule has 0 aromatic heterocycles. The third kappa shape index (κ3) is 5.60. The van der Waals surface area contributed by atoms with Crippen LogP contribution >= 0.6 is 0 Å². The largest absolute Gasteiger partial charge is 0.454 e. The van der Waals surface area contributed by atoms with Gasteiger partial charge in [0.15, 0.2) is 11.5 Å². The molecule has 2 N–H and O–H groups in total. The van der Waals surface area contributed by atoms with Crippen molar-refractivity contribution in [3.8, 4) is 11.5 Å². The van der Waals surface area contributed by atoms with Gasteiger partial charge in [-0.05, 0) is 43.7 Å². The van der Waals surface area contributed by atoms with Crippen molar-refractivity contribution in [3.63, 3.8) is 0 Å². The second kappa shape index (κ2) is 10.7. The fourth-order valence-electron chi connectivity index (χ4n) is 3.76. The van der Waals surface area contributed by atoms with Crippen molar-refractivity contribution < 1.29 is 27.5 Å². The number of anilines is 2. The zero-order chi connectivity index (χ0) is 25.7. The molecule has 3 aromatic carbocycles. The SMILES string of the molecule is CCS(=O)(=O)N(CC(=O)Nc1ccccc1C(=O)N[C@H](C)c1ccccc1)c1ccc2c(c1)OCO2. The van der Waals surface area contributed by atoms with E-state index in [0.29, 0.717) is 11.5 Å². The number of nitrogens with one attached hydrogen (secondary N) is 2. The topological polar surface area (TPSA) is 114 Å². The minimum absolute atomic E-state index is 0.0432. The van der Waals surface area contributed by atoms with E-state index in [-0.39, 0.29) is 41.4 Å². The lowest BCUT2D eigenvalue weighted by molar-refractivity contribution is -0.114. The van der Waals surface area contributed by atoms with Crippen LogP contribution in [0, 0.1) is 0 Å². The standard InChI is InChI=1S/C26H27N3O6S/c1-3-36(32,33)29(20-13-14-23-24(15-20)35-17-34-23)16-25(30)28-22-12-8-7-11-21(22)26(31)27-18(2)19-9-5-4-6-10-19/h4-15,18H,3,16-17H2,1-2H3,(H,27,31)(H,28,30)/t18-/m1/s1. The first-order valence-electron chi connectivity index (χ1n) is 11.4. The van der Waals surface area contributed by atoms with E-state index >= 15 is 0 Å². The molecule has 3 aromatic rings. The number of sulfonamides is 1. The fraction of sp³-hybridized carbons (Fsp3) is 0.231. The van der Waals surface area contributed by atoms with E-state index in [2.05, 4.69) is 10.6 Å². The molecule has 1 heterocycles. The van der Waals surface area contributed by atoms with E-state index < -0.39 is 22.5 Å². The highest BCUT2D eigenvalue weighted by Crippen LogP contribution is 2.36. The molecule has 36 heavy (non-hydrogen) atoms. The van der Waals surface area contributed by atoms with E-state index in [9.17, 15) is 18.0 Å². The Balaban J connectivity index is 1.52. The maximum atomic E-state index is 13.0. The Bertz CT molecular complexity index is 1360. The molecule has 1 aliphatic heterocycles. The van der Waals surface area contributed by atoms with Gasteiger partial charge in [-0.15, -0.1) is 0 Å². The first kappa shape index (κ1) is 25.1. The highest BCUT2D eigenvalue weighted by atomic mass is 32.2. The summed E-state index contributed by atoms with van der Waals surface area (Å²) in [6, 6.07) is 20.5. The van der Waals surface area contributed by atoms with Crippen molar-refractivity contribution in [3.05, 3.63) is 83.9 Å². The summed E-state index contributed by atoms with van der Waals surface area (Å²) in [6.07, 6.45) is 0. The van der Waals surface area contributed by atoms with E-state index in [4.69, 9.17) is 9.47 Å². The molecule has 0 saturated carbocycles. The molecule has 0 saturated heterocycles. The average molecular weight is 510 g/mol. The van der Waals surface area contributed by atoms with Crippen LogP contribution in [0.15, 0.2) is 72.8 Å². The summed E-state index contributed by atoms with van der Waals surface area (Å²) in [7, 11) is -3.79. The van der Waals surface area contributed by atoms with Crippen LogP contribution in [0.5, 0.6) is 11.5 Å². The van der Waals surface area contributed by atoms with Gasteiger partial charge in [0, 0.05) is 6.07 Å². The molecule has 0 bridgehead atoms. The number of para-hydroxylation sites is 1. The summed E-state index contributed by atoms with van der Waals surface area (Å²) in [6.45, 7) is 2.93. The normalized spacial score (nSPS) is 13.1. The molecular formula is C26H27N3O6S. The number of benzene rings is 3. The van der Waals surface area contributed by atoms with Gasteiger partial charge in [0.05, 0.1) is 28.7 Å². The predicted molar refractivity (Wildman–Crippen MR) is 137 cm³/mol. The number of carbonyl (C=O) groups excluding carboxylic acids is 2. The Hall–Kier alpha value is -4.05. The Morgan fingerprint density at radius 1 is 0.972 bits per heavy atom. The molecule has 0 aliphatic carbocycles. The zero-order valence-corrected chi connectivity index (χ0v) is 20.7. The number of amides is 2. The van der Waals surface area contributed by atoms with Crippen LogP contribution < -0.4 is 24.4 Å².